The van der Waals surface area contributed by atoms with Crippen molar-refractivity contribution >= 4 is 12.2 Å². The minimum atomic E-state index is -4.53. The molecular weight excluding hydrogens is 369 g/mol. The third kappa shape index (κ3) is 3.43. The average molecular weight is 389 g/mol. The van der Waals surface area contributed by atoms with E-state index in [0.717, 1.165) is 33.6 Å². The molecule has 0 radical (unpaired) electrons. The van der Waals surface area contributed by atoms with Crippen LogP contribution in [0.1, 0.15) is 17.0 Å². The number of aromatic nitrogens is 3. The van der Waals surface area contributed by atoms with Gasteiger partial charge in [-0.25, -0.2) is 0 Å². The number of quaternary nitrogens is 1. The summed E-state index contributed by atoms with van der Waals surface area (Å²) in [5.74, 6) is 0.337. The fraction of sp³-hybridized carbons (Fsp3) is 0.500. The van der Waals surface area contributed by atoms with Gasteiger partial charge in [0.25, 0.3) is 0 Å². The Balaban J connectivity index is 1.83. The van der Waals surface area contributed by atoms with Gasteiger partial charge in [0.1, 0.15) is 6.54 Å². The summed E-state index contributed by atoms with van der Waals surface area (Å²) >= 11 is 5.12. The van der Waals surface area contributed by atoms with Crippen LogP contribution in [0, 0.1) is 4.77 Å². The molecule has 3 rings (SSSR count). The molecule has 1 aliphatic heterocycles. The van der Waals surface area contributed by atoms with Gasteiger partial charge < -0.3 is 14.4 Å². The number of ether oxygens (including phenoxy) is 2. The fourth-order valence-electron chi connectivity index (χ4n) is 3.21. The van der Waals surface area contributed by atoms with E-state index in [-0.39, 0.29) is 11.4 Å². The Morgan fingerprint density at radius 3 is 2.35 bits per heavy atom. The van der Waals surface area contributed by atoms with Gasteiger partial charge in [-0.15, -0.1) is 5.10 Å². The van der Waals surface area contributed by atoms with E-state index in [1.54, 1.807) is 14.2 Å². The second kappa shape index (κ2) is 6.92. The summed E-state index contributed by atoms with van der Waals surface area (Å²) < 4.78 is 51.9. The lowest BCUT2D eigenvalue weighted by Crippen LogP contribution is -3.11. The number of rotatable bonds is 4. The molecule has 0 saturated heterocycles. The van der Waals surface area contributed by atoms with Crippen LogP contribution in [0.5, 0.6) is 11.5 Å². The number of halogens is 3. The average Bonchev–Trinajstić information content (AvgIpc) is 2.89. The Morgan fingerprint density at radius 1 is 1.19 bits per heavy atom. The van der Waals surface area contributed by atoms with Crippen LogP contribution in [-0.2, 0) is 32.9 Å². The maximum Gasteiger partial charge on any atom is 0.451 e. The molecule has 10 heteroatoms. The lowest BCUT2D eigenvalue weighted by molar-refractivity contribution is -0.939. The van der Waals surface area contributed by atoms with Crippen molar-refractivity contribution in [2.75, 3.05) is 20.8 Å². The molecule has 6 nitrogen and oxygen atoms in total. The maximum absolute atomic E-state index is 13.0. The van der Waals surface area contributed by atoms with E-state index in [4.69, 9.17) is 21.7 Å². The van der Waals surface area contributed by atoms with Crippen molar-refractivity contribution in [2.45, 2.75) is 25.8 Å². The van der Waals surface area contributed by atoms with Gasteiger partial charge in [-0.1, -0.05) is 0 Å². The van der Waals surface area contributed by atoms with Crippen LogP contribution in [0.3, 0.4) is 0 Å². The predicted octanol–water partition coefficient (Wildman–Crippen LogP) is 1.59. The molecule has 0 spiro atoms. The van der Waals surface area contributed by atoms with Crippen LogP contribution < -0.4 is 14.4 Å². The van der Waals surface area contributed by atoms with Gasteiger partial charge in [-0.05, 0) is 29.9 Å². The van der Waals surface area contributed by atoms with Gasteiger partial charge in [0, 0.05) is 19.0 Å². The number of nitrogens with zero attached hydrogens (tertiary/aromatic N) is 3. The molecule has 1 unspecified atom stereocenters. The highest BCUT2D eigenvalue weighted by atomic mass is 32.1. The number of hydrogen-bond acceptors (Lipinski definition) is 4. The number of fused-ring (bicyclic) bond motifs is 1. The van der Waals surface area contributed by atoms with Crippen LogP contribution in [0.15, 0.2) is 12.1 Å². The first-order valence-electron chi connectivity index (χ1n) is 8.03. The van der Waals surface area contributed by atoms with Crippen molar-refractivity contribution in [3.8, 4) is 11.5 Å². The minimum absolute atomic E-state index is 0.0583. The highest BCUT2D eigenvalue weighted by Gasteiger charge is 2.37. The van der Waals surface area contributed by atoms with Gasteiger partial charge in [-0.3, -0.25) is 4.57 Å². The summed E-state index contributed by atoms with van der Waals surface area (Å²) in [5.41, 5.74) is 2.24. The van der Waals surface area contributed by atoms with Crippen molar-refractivity contribution in [1.29, 1.82) is 0 Å². The molecule has 2 aromatic rings. The van der Waals surface area contributed by atoms with Crippen LogP contribution in [0.2, 0.25) is 0 Å². The van der Waals surface area contributed by atoms with Gasteiger partial charge in [-0.2, -0.15) is 17.9 Å². The van der Waals surface area contributed by atoms with Gasteiger partial charge >= 0.3 is 6.18 Å². The molecule has 1 N–H and O–H groups in total. The van der Waals surface area contributed by atoms with E-state index in [2.05, 4.69) is 5.10 Å². The summed E-state index contributed by atoms with van der Waals surface area (Å²) in [6.07, 6.45) is -3.74. The molecule has 2 heterocycles. The maximum atomic E-state index is 13.0. The van der Waals surface area contributed by atoms with Crippen molar-refractivity contribution in [3.05, 3.63) is 33.9 Å². The Labute approximate surface area is 153 Å². The largest absolute Gasteiger partial charge is 0.493 e. The van der Waals surface area contributed by atoms with Crippen LogP contribution >= 0.6 is 12.2 Å². The summed E-state index contributed by atoms with van der Waals surface area (Å²) in [5, 5.41) is 3.68. The van der Waals surface area contributed by atoms with E-state index in [0.29, 0.717) is 18.0 Å². The molecule has 0 saturated carbocycles. The van der Waals surface area contributed by atoms with Gasteiger partial charge in [0.15, 0.2) is 18.2 Å². The molecule has 1 atom stereocenters. The summed E-state index contributed by atoms with van der Waals surface area (Å²) in [4.78, 5) is 1.08. The fourth-order valence-corrected chi connectivity index (χ4v) is 3.41. The molecule has 142 valence electrons. The second-order valence-electron chi connectivity index (χ2n) is 6.22. The SMILES string of the molecule is COc1cc2c(cc1OC)C[NH+](Cn1nc(C(F)(F)F)n(C)c1=S)CC2. The lowest BCUT2D eigenvalue weighted by Gasteiger charge is -2.26. The van der Waals surface area contributed by atoms with Gasteiger partial charge in [0.05, 0.1) is 20.8 Å². The number of alkyl halides is 3. The molecule has 1 aromatic heterocycles. The molecule has 0 bridgehead atoms. The second-order valence-corrected chi connectivity index (χ2v) is 6.59. The highest BCUT2D eigenvalue weighted by Crippen LogP contribution is 2.31. The molecule has 1 aromatic carbocycles. The van der Waals surface area contributed by atoms with E-state index in [9.17, 15) is 13.2 Å². The monoisotopic (exact) mass is 389 g/mol. The third-order valence-electron chi connectivity index (χ3n) is 4.56. The molecule has 1 aliphatic rings. The highest BCUT2D eigenvalue weighted by molar-refractivity contribution is 7.71. The minimum Gasteiger partial charge on any atom is -0.493 e. The smallest absolute Gasteiger partial charge is 0.451 e. The van der Waals surface area contributed by atoms with Crippen LogP contribution in [0.25, 0.3) is 0 Å². The van der Waals surface area contributed by atoms with Crippen molar-refractivity contribution < 1.29 is 27.5 Å². The van der Waals surface area contributed by atoms with E-state index < -0.39 is 12.0 Å². The Bertz CT molecular complexity index is 876. The number of hydrogen-bond donors (Lipinski definition) is 1. The quantitative estimate of drug-likeness (QED) is 0.807. The summed E-state index contributed by atoms with van der Waals surface area (Å²) in [6.45, 7) is 1.69. The van der Waals surface area contributed by atoms with E-state index >= 15 is 0 Å². The molecule has 26 heavy (non-hydrogen) atoms. The van der Waals surface area contributed by atoms with Crippen molar-refractivity contribution in [3.63, 3.8) is 0 Å². The summed E-state index contributed by atoms with van der Waals surface area (Å²) in [6, 6.07) is 3.88. The van der Waals surface area contributed by atoms with Crippen molar-refractivity contribution in [2.24, 2.45) is 7.05 Å². The third-order valence-corrected chi connectivity index (χ3v) is 5.05. The van der Waals surface area contributed by atoms with Gasteiger partial charge in [0.2, 0.25) is 10.6 Å². The number of benzene rings is 1. The van der Waals surface area contributed by atoms with Crippen LogP contribution in [0.4, 0.5) is 13.2 Å². The topological polar surface area (TPSA) is 45.6 Å². The Morgan fingerprint density at radius 2 is 1.81 bits per heavy atom. The first-order valence-corrected chi connectivity index (χ1v) is 8.43. The summed E-state index contributed by atoms with van der Waals surface area (Å²) in [7, 11) is 4.45. The number of methoxy groups -OCH3 is 2. The first kappa shape index (κ1) is 18.7. The lowest BCUT2D eigenvalue weighted by atomic mass is 9.99. The Hall–Kier alpha value is -2.07. The molecular formula is C16H20F3N4O2S+. The zero-order valence-electron chi connectivity index (χ0n) is 14.7. The Kier molecular flexibility index (Phi) is 4.98. The predicted molar refractivity (Wildman–Crippen MR) is 89.8 cm³/mol. The van der Waals surface area contributed by atoms with Crippen molar-refractivity contribution in [1.82, 2.24) is 14.3 Å². The number of nitrogens with one attached hydrogen (secondary N) is 1. The molecule has 0 fully saturated rings. The van der Waals surface area contributed by atoms with Crippen LogP contribution in [-0.4, -0.2) is 35.1 Å². The first-order chi connectivity index (χ1) is 12.2. The normalized spacial score (nSPS) is 17.1. The van der Waals surface area contributed by atoms with E-state index in [1.807, 2.05) is 12.1 Å². The standard InChI is InChI=1S/C16H19F3N4O2S/c1-21-14(16(17,18)19)20-23(15(21)26)9-22-5-4-10-6-12(24-2)13(25-3)7-11(10)8-22/h6-7H,4-5,8-9H2,1-3H3/p+1. The zero-order chi connectivity index (χ0) is 19.1. The van der Waals surface area contributed by atoms with E-state index in [1.165, 1.54) is 11.7 Å². The molecule has 0 aliphatic carbocycles. The zero-order valence-corrected chi connectivity index (χ0v) is 15.5. The molecule has 0 amide bonds.